The first-order chi connectivity index (χ1) is 9.86. The van der Waals surface area contributed by atoms with E-state index in [-0.39, 0.29) is 30.3 Å². The first kappa shape index (κ1) is 15.4. The molecular weight excluding hydrogens is 276 g/mol. The van der Waals surface area contributed by atoms with Crippen molar-refractivity contribution in [3.8, 4) is 0 Å². The van der Waals surface area contributed by atoms with Crippen molar-refractivity contribution >= 4 is 12.0 Å². The number of urea groups is 1. The van der Waals surface area contributed by atoms with Crippen molar-refractivity contribution < 1.29 is 23.8 Å². The summed E-state index contributed by atoms with van der Waals surface area (Å²) in [5, 5.41) is 11.7. The normalized spacial score (nSPS) is 22.1. The molecule has 0 aliphatic carbocycles. The maximum atomic E-state index is 12.1. The summed E-state index contributed by atoms with van der Waals surface area (Å²) in [6.07, 6.45) is 0.00735. The Balaban J connectivity index is 1.92. The van der Waals surface area contributed by atoms with Crippen LogP contribution in [0, 0.1) is 6.92 Å². The summed E-state index contributed by atoms with van der Waals surface area (Å²) < 4.78 is 10.9. The third-order valence-electron chi connectivity index (χ3n) is 3.32. The van der Waals surface area contributed by atoms with Gasteiger partial charge in [-0.15, -0.1) is 0 Å². The summed E-state index contributed by atoms with van der Waals surface area (Å²) >= 11 is 0. The highest BCUT2D eigenvalue weighted by atomic mass is 16.5. The summed E-state index contributed by atoms with van der Waals surface area (Å²) in [6, 6.07) is 1.23. The molecule has 1 aliphatic heterocycles. The molecule has 2 N–H and O–H groups in total. The molecular formula is C14H20N2O5. The smallest absolute Gasteiger partial charge is 0.339 e. The van der Waals surface area contributed by atoms with Crippen molar-refractivity contribution in [3.63, 3.8) is 0 Å². The lowest BCUT2D eigenvalue weighted by molar-refractivity contribution is -0.0545. The fourth-order valence-electron chi connectivity index (χ4n) is 2.46. The van der Waals surface area contributed by atoms with Crippen molar-refractivity contribution in [1.82, 2.24) is 10.2 Å². The lowest BCUT2D eigenvalue weighted by Gasteiger charge is -2.35. The molecule has 1 aromatic heterocycles. The van der Waals surface area contributed by atoms with Gasteiger partial charge in [0.2, 0.25) is 0 Å². The fourth-order valence-corrected chi connectivity index (χ4v) is 2.46. The minimum atomic E-state index is -1.04. The van der Waals surface area contributed by atoms with Crippen molar-refractivity contribution in [3.05, 3.63) is 23.2 Å². The van der Waals surface area contributed by atoms with Gasteiger partial charge in [-0.05, 0) is 26.8 Å². The number of carboxylic acids is 1. The van der Waals surface area contributed by atoms with Crippen LogP contribution in [-0.2, 0) is 11.3 Å². The van der Waals surface area contributed by atoms with Crippen LogP contribution in [0.5, 0.6) is 0 Å². The number of nitrogens with zero attached hydrogens (tertiary/aromatic N) is 1. The molecule has 7 heteroatoms. The number of nitrogens with one attached hydrogen (secondary N) is 1. The minimum absolute atomic E-state index is 0.00368. The van der Waals surface area contributed by atoms with E-state index in [1.165, 1.54) is 6.07 Å². The van der Waals surface area contributed by atoms with Crippen LogP contribution in [0.15, 0.2) is 10.5 Å². The summed E-state index contributed by atoms with van der Waals surface area (Å²) in [6.45, 7) is 6.66. The highest BCUT2D eigenvalue weighted by Crippen LogP contribution is 2.15. The molecule has 2 unspecified atom stereocenters. The first-order valence-electron chi connectivity index (χ1n) is 6.87. The Morgan fingerprint density at radius 3 is 2.52 bits per heavy atom. The van der Waals surface area contributed by atoms with Gasteiger partial charge < -0.3 is 24.5 Å². The Bertz CT molecular complexity index is 529. The summed E-state index contributed by atoms with van der Waals surface area (Å²) in [4.78, 5) is 24.7. The second kappa shape index (κ2) is 6.17. The molecule has 2 rings (SSSR count). The second-order valence-electron chi connectivity index (χ2n) is 5.31. The molecule has 1 fully saturated rings. The quantitative estimate of drug-likeness (QED) is 0.884. The van der Waals surface area contributed by atoms with E-state index in [4.69, 9.17) is 14.3 Å². The highest BCUT2D eigenvalue weighted by Gasteiger charge is 2.25. The number of carbonyl (C=O) groups excluding carboxylic acids is 1. The third kappa shape index (κ3) is 3.75. The largest absolute Gasteiger partial charge is 0.478 e. The molecule has 1 aromatic rings. The fraction of sp³-hybridized carbons (Fsp3) is 0.571. The van der Waals surface area contributed by atoms with Gasteiger partial charge in [0.25, 0.3) is 0 Å². The molecule has 0 aromatic carbocycles. The van der Waals surface area contributed by atoms with Gasteiger partial charge in [0.05, 0.1) is 18.8 Å². The van der Waals surface area contributed by atoms with Gasteiger partial charge in [0, 0.05) is 13.1 Å². The second-order valence-corrected chi connectivity index (χ2v) is 5.31. The lowest BCUT2D eigenvalue weighted by Crippen LogP contribution is -2.51. The number of aromatic carboxylic acids is 1. The topological polar surface area (TPSA) is 92.0 Å². The monoisotopic (exact) mass is 296 g/mol. The zero-order valence-electron chi connectivity index (χ0n) is 12.4. The zero-order valence-corrected chi connectivity index (χ0v) is 12.4. The standard InChI is InChI=1S/C14H20N2O5/c1-8-6-16(7-9(2)20-8)14(19)15-5-11-4-12(13(17)18)10(3)21-11/h4,8-9H,5-7H2,1-3H3,(H,15,19)(H,17,18). The van der Waals surface area contributed by atoms with Gasteiger partial charge in [0.1, 0.15) is 17.1 Å². The molecule has 21 heavy (non-hydrogen) atoms. The van der Waals surface area contributed by atoms with Crippen LogP contribution in [0.4, 0.5) is 4.79 Å². The maximum Gasteiger partial charge on any atom is 0.339 e. The molecule has 2 amide bonds. The van der Waals surface area contributed by atoms with Gasteiger partial charge in [-0.1, -0.05) is 0 Å². The number of amides is 2. The number of carbonyl (C=O) groups is 2. The Morgan fingerprint density at radius 1 is 1.38 bits per heavy atom. The average molecular weight is 296 g/mol. The van der Waals surface area contributed by atoms with Crippen LogP contribution in [0.3, 0.4) is 0 Å². The molecule has 0 radical (unpaired) electrons. The van der Waals surface area contributed by atoms with Crippen molar-refractivity contribution in [2.45, 2.75) is 39.5 Å². The van der Waals surface area contributed by atoms with Crippen LogP contribution in [0.1, 0.15) is 35.7 Å². The molecule has 0 bridgehead atoms. The van der Waals surface area contributed by atoms with E-state index in [1.807, 2.05) is 13.8 Å². The molecule has 7 nitrogen and oxygen atoms in total. The molecule has 0 spiro atoms. The van der Waals surface area contributed by atoms with Gasteiger partial charge in [-0.2, -0.15) is 0 Å². The van der Waals surface area contributed by atoms with Gasteiger partial charge in [-0.25, -0.2) is 9.59 Å². The average Bonchev–Trinajstić information content (AvgIpc) is 2.76. The first-order valence-corrected chi connectivity index (χ1v) is 6.87. The van der Waals surface area contributed by atoms with Crippen molar-refractivity contribution in [2.24, 2.45) is 0 Å². The third-order valence-corrected chi connectivity index (χ3v) is 3.32. The summed E-state index contributed by atoms with van der Waals surface area (Å²) in [5.74, 6) is -0.280. The van der Waals surface area contributed by atoms with Gasteiger partial charge in [-0.3, -0.25) is 0 Å². The number of rotatable bonds is 3. The number of carboxylic acid groups (broad SMARTS) is 1. The Morgan fingerprint density at radius 2 is 2.00 bits per heavy atom. The van der Waals surface area contributed by atoms with Crippen LogP contribution in [0.25, 0.3) is 0 Å². The number of morpholine rings is 1. The van der Waals surface area contributed by atoms with Crippen LogP contribution in [-0.4, -0.2) is 47.3 Å². The number of aryl methyl sites for hydroxylation is 1. The van der Waals surface area contributed by atoms with Crippen LogP contribution >= 0.6 is 0 Å². The SMILES string of the molecule is Cc1oc(CNC(=O)N2CC(C)OC(C)C2)cc1C(=O)O. The highest BCUT2D eigenvalue weighted by molar-refractivity contribution is 5.88. The minimum Gasteiger partial charge on any atom is -0.478 e. The Kier molecular flexibility index (Phi) is 4.52. The summed E-state index contributed by atoms with van der Waals surface area (Å²) in [5.41, 5.74) is 0.118. The molecule has 1 saturated heterocycles. The number of hydrogen-bond acceptors (Lipinski definition) is 4. The zero-order chi connectivity index (χ0) is 15.6. The predicted octanol–water partition coefficient (Wildman–Crippen LogP) is 1.61. The summed E-state index contributed by atoms with van der Waals surface area (Å²) in [7, 11) is 0. The molecule has 0 saturated carbocycles. The van der Waals surface area contributed by atoms with Gasteiger partial charge >= 0.3 is 12.0 Å². The Hall–Kier alpha value is -2.02. The van der Waals surface area contributed by atoms with Crippen LogP contribution < -0.4 is 5.32 Å². The van der Waals surface area contributed by atoms with E-state index in [9.17, 15) is 9.59 Å². The van der Waals surface area contributed by atoms with Crippen molar-refractivity contribution in [2.75, 3.05) is 13.1 Å². The number of hydrogen-bond donors (Lipinski definition) is 2. The van der Waals surface area contributed by atoms with E-state index in [0.717, 1.165) is 0 Å². The van der Waals surface area contributed by atoms with Crippen molar-refractivity contribution in [1.29, 1.82) is 0 Å². The Labute approximate surface area is 122 Å². The van der Waals surface area contributed by atoms with Gasteiger partial charge in [0.15, 0.2) is 0 Å². The van der Waals surface area contributed by atoms with Crippen LogP contribution in [0.2, 0.25) is 0 Å². The molecule has 2 atom stereocenters. The van der Waals surface area contributed by atoms with E-state index in [2.05, 4.69) is 5.32 Å². The molecule has 1 aliphatic rings. The predicted molar refractivity (Wildman–Crippen MR) is 74.2 cm³/mol. The van der Waals surface area contributed by atoms with E-state index < -0.39 is 5.97 Å². The number of furan rings is 1. The van der Waals surface area contributed by atoms with E-state index in [1.54, 1.807) is 11.8 Å². The number of ether oxygens (including phenoxy) is 1. The maximum absolute atomic E-state index is 12.1. The molecule has 2 heterocycles. The van der Waals surface area contributed by atoms with E-state index in [0.29, 0.717) is 24.6 Å². The lowest BCUT2D eigenvalue weighted by atomic mass is 10.2. The van der Waals surface area contributed by atoms with E-state index >= 15 is 0 Å². The molecule has 116 valence electrons.